The molecule has 0 spiro atoms. The van der Waals surface area contributed by atoms with Crippen molar-refractivity contribution in [2.45, 2.75) is 19.8 Å². The molecule has 1 aromatic carbocycles. The number of benzene rings is 1. The number of carbonyl (C=O) groups is 2. The van der Waals surface area contributed by atoms with Crippen LogP contribution in [0.3, 0.4) is 0 Å². The third kappa shape index (κ3) is 5.58. The maximum atomic E-state index is 12.5. The van der Waals surface area contributed by atoms with E-state index in [4.69, 9.17) is 4.74 Å². The average molecular weight is 361 g/mol. The quantitative estimate of drug-likeness (QED) is 0.558. The number of nitrogens with one attached hydrogen (secondary N) is 2. The predicted octanol–water partition coefficient (Wildman–Crippen LogP) is 3.39. The minimum atomic E-state index is -0.276. The molecule has 2 amide bonds. The van der Waals surface area contributed by atoms with Gasteiger partial charge in [-0.3, -0.25) is 15.0 Å². The second-order valence-corrected chi connectivity index (χ2v) is 6.60. The van der Waals surface area contributed by atoms with Crippen LogP contribution in [-0.2, 0) is 0 Å². The Labute approximate surface area is 151 Å². The molecule has 2 N–H and O–H groups in total. The summed E-state index contributed by atoms with van der Waals surface area (Å²) in [6, 6.07) is 8.72. The Bertz CT molecular complexity index is 728. The van der Waals surface area contributed by atoms with Crippen molar-refractivity contribution < 1.29 is 14.3 Å². The maximum absolute atomic E-state index is 12.5. The van der Waals surface area contributed by atoms with Gasteiger partial charge in [0.25, 0.3) is 11.8 Å². The van der Waals surface area contributed by atoms with Gasteiger partial charge in [0.2, 0.25) is 0 Å². The van der Waals surface area contributed by atoms with Crippen molar-refractivity contribution in [3.05, 3.63) is 46.8 Å². The lowest BCUT2D eigenvalue weighted by molar-refractivity contribution is 0.0858. The SMILES string of the molecule is CCCCOc1cccc(C(=O)Nc2sccc2C(=O)NN(C)C)c1. The van der Waals surface area contributed by atoms with Gasteiger partial charge in [0.1, 0.15) is 10.8 Å². The van der Waals surface area contributed by atoms with Crippen LogP contribution in [0, 0.1) is 0 Å². The molecule has 0 aliphatic heterocycles. The lowest BCUT2D eigenvalue weighted by Crippen LogP contribution is -2.36. The summed E-state index contributed by atoms with van der Waals surface area (Å²) in [6.07, 6.45) is 2.02. The van der Waals surface area contributed by atoms with Crippen LogP contribution < -0.4 is 15.5 Å². The Balaban J connectivity index is 2.06. The third-order valence-corrected chi connectivity index (χ3v) is 4.15. The summed E-state index contributed by atoms with van der Waals surface area (Å²) in [5.74, 6) is 0.123. The molecule has 0 aliphatic carbocycles. The molecule has 0 saturated carbocycles. The molecule has 0 fully saturated rings. The molecule has 25 heavy (non-hydrogen) atoms. The molecule has 0 aliphatic rings. The van der Waals surface area contributed by atoms with E-state index < -0.39 is 0 Å². The Morgan fingerprint density at radius 2 is 2.00 bits per heavy atom. The summed E-state index contributed by atoms with van der Waals surface area (Å²) in [5.41, 5.74) is 3.59. The van der Waals surface area contributed by atoms with Gasteiger partial charge in [-0.15, -0.1) is 11.3 Å². The number of hydrogen-bond donors (Lipinski definition) is 2. The van der Waals surface area contributed by atoms with Crippen molar-refractivity contribution in [2.24, 2.45) is 0 Å². The first kappa shape index (κ1) is 19.0. The van der Waals surface area contributed by atoms with Crippen LogP contribution in [0.4, 0.5) is 5.00 Å². The van der Waals surface area contributed by atoms with Gasteiger partial charge in [-0.25, -0.2) is 5.01 Å². The highest BCUT2D eigenvalue weighted by Crippen LogP contribution is 2.24. The van der Waals surface area contributed by atoms with Crippen LogP contribution in [0.15, 0.2) is 35.7 Å². The molecule has 2 aromatic rings. The van der Waals surface area contributed by atoms with Gasteiger partial charge < -0.3 is 10.1 Å². The number of nitrogens with zero attached hydrogens (tertiary/aromatic N) is 1. The molecule has 0 bridgehead atoms. The van der Waals surface area contributed by atoms with E-state index in [0.717, 1.165) is 12.8 Å². The number of ether oxygens (including phenoxy) is 1. The van der Waals surface area contributed by atoms with Gasteiger partial charge in [0.05, 0.1) is 12.2 Å². The second kappa shape index (κ2) is 9.19. The summed E-state index contributed by atoms with van der Waals surface area (Å²) >= 11 is 1.31. The number of hydrazine groups is 1. The molecule has 0 radical (unpaired) electrons. The van der Waals surface area contributed by atoms with Crippen LogP contribution in [0.25, 0.3) is 0 Å². The fourth-order valence-electron chi connectivity index (χ4n) is 2.08. The zero-order valence-electron chi connectivity index (χ0n) is 14.7. The highest BCUT2D eigenvalue weighted by Gasteiger charge is 2.16. The fourth-order valence-corrected chi connectivity index (χ4v) is 2.86. The van der Waals surface area contributed by atoms with Gasteiger partial charge in [-0.2, -0.15) is 0 Å². The van der Waals surface area contributed by atoms with Gasteiger partial charge in [0.15, 0.2) is 0 Å². The van der Waals surface area contributed by atoms with Crippen molar-refractivity contribution >= 4 is 28.2 Å². The van der Waals surface area contributed by atoms with E-state index in [0.29, 0.717) is 28.5 Å². The summed E-state index contributed by atoms with van der Waals surface area (Å²) in [7, 11) is 3.46. The third-order valence-electron chi connectivity index (χ3n) is 3.32. The molecule has 0 atom stereocenters. The number of anilines is 1. The minimum absolute atomic E-state index is 0.266. The largest absolute Gasteiger partial charge is 0.494 e. The van der Waals surface area contributed by atoms with Crippen LogP contribution >= 0.6 is 11.3 Å². The van der Waals surface area contributed by atoms with Crippen molar-refractivity contribution in [3.63, 3.8) is 0 Å². The number of rotatable bonds is 8. The van der Waals surface area contributed by atoms with E-state index in [1.165, 1.54) is 11.3 Å². The van der Waals surface area contributed by atoms with Gasteiger partial charge >= 0.3 is 0 Å². The molecular weight excluding hydrogens is 338 g/mol. The monoisotopic (exact) mass is 361 g/mol. The number of carbonyl (C=O) groups excluding carboxylic acids is 2. The van der Waals surface area contributed by atoms with Crippen LogP contribution in [0.1, 0.15) is 40.5 Å². The topological polar surface area (TPSA) is 70.7 Å². The normalized spacial score (nSPS) is 10.6. The summed E-state index contributed by atoms with van der Waals surface area (Å²) in [5, 5.41) is 6.64. The molecule has 0 unspecified atom stereocenters. The number of hydrogen-bond acceptors (Lipinski definition) is 5. The molecule has 0 saturated heterocycles. The molecule has 134 valence electrons. The van der Waals surface area contributed by atoms with E-state index in [1.54, 1.807) is 48.7 Å². The average Bonchev–Trinajstić information content (AvgIpc) is 3.03. The minimum Gasteiger partial charge on any atom is -0.494 e. The van der Waals surface area contributed by atoms with Crippen LogP contribution in [0.2, 0.25) is 0 Å². The summed E-state index contributed by atoms with van der Waals surface area (Å²) < 4.78 is 5.63. The van der Waals surface area contributed by atoms with E-state index in [1.807, 2.05) is 6.07 Å². The highest BCUT2D eigenvalue weighted by atomic mass is 32.1. The molecule has 2 rings (SSSR count). The zero-order valence-corrected chi connectivity index (χ0v) is 15.5. The maximum Gasteiger partial charge on any atom is 0.268 e. The fraction of sp³-hybridized carbons (Fsp3) is 0.333. The Hall–Kier alpha value is -2.38. The first-order valence-corrected chi connectivity index (χ1v) is 8.99. The molecule has 1 aromatic heterocycles. The van der Waals surface area contributed by atoms with Crippen molar-refractivity contribution in [1.82, 2.24) is 10.4 Å². The summed E-state index contributed by atoms with van der Waals surface area (Å²) in [6.45, 7) is 2.72. The van der Waals surface area contributed by atoms with Crippen molar-refractivity contribution in [2.75, 3.05) is 26.0 Å². The number of amides is 2. The molecule has 1 heterocycles. The zero-order chi connectivity index (χ0) is 18.2. The number of unbranched alkanes of at least 4 members (excludes halogenated alkanes) is 1. The van der Waals surface area contributed by atoms with Crippen LogP contribution in [-0.4, -0.2) is 37.5 Å². The number of thiophene rings is 1. The second-order valence-electron chi connectivity index (χ2n) is 5.68. The van der Waals surface area contributed by atoms with E-state index in [9.17, 15) is 9.59 Å². The van der Waals surface area contributed by atoms with Crippen molar-refractivity contribution in [1.29, 1.82) is 0 Å². The first-order chi connectivity index (χ1) is 12.0. The molecular formula is C18H23N3O3S. The van der Waals surface area contributed by atoms with Gasteiger partial charge in [-0.1, -0.05) is 19.4 Å². The molecule has 6 nitrogen and oxygen atoms in total. The van der Waals surface area contributed by atoms with E-state index >= 15 is 0 Å². The first-order valence-electron chi connectivity index (χ1n) is 8.11. The summed E-state index contributed by atoms with van der Waals surface area (Å²) in [4.78, 5) is 24.6. The lowest BCUT2D eigenvalue weighted by Gasteiger charge is -2.12. The Kier molecular flexibility index (Phi) is 6.97. The smallest absolute Gasteiger partial charge is 0.268 e. The van der Waals surface area contributed by atoms with Gasteiger partial charge in [0, 0.05) is 19.7 Å². The lowest BCUT2D eigenvalue weighted by atomic mass is 10.2. The van der Waals surface area contributed by atoms with Crippen molar-refractivity contribution in [3.8, 4) is 5.75 Å². The predicted molar refractivity (Wildman–Crippen MR) is 100 cm³/mol. The highest BCUT2D eigenvalue weighted by molar-refractivity contribution is 7.14. The van der Waals surface area contributed by atoms with E-state index in [-0.39, 0.29) is 11.8 Å². The van der Waals surface area contributed by atoms with Gasteiger partial charge in [-0.05, 0) is 36.1 Å². The Morgan fingerprint density at radius 1 is 1.20 bits per heavy atom. The van der Waals surface area contributed by atoms with Crippen LogP contribution in [0.5, 0.6) is 5.75 Å². The Morgan fingerprint density at radius 3 is 2.72 bits per heavy atom. The molecule has 7 heteroatoms. The standard InChI is InChI=1S/C18H23N3O3S/c1-4-5-10-24-14-8-6-7-13(12-14)16(22)19-18-15(9-11-25-18)17(23)20-21(2)3/h6-9,11-12H,4-5,10H2,1-3H3,(H,19,22)(H,20,23). The van der Waals surface area contributed by atoms with E-state index in [2.05, 4.69) is 17.7 Å².